The van der Waals surface area contributed by atoms with E-state index in [2.05, 4.69) is 10.3 Å². The van der Waals surface area contributed by atoms with E-state index in [-0.39, 0.29) is 30.5 Å². The molecule has 0 unspecified atom stereocenters. The van der Waals surface area contributed by atoms with E-state index in [0.29, 0.717) is 34.5 Å². The zero-order valence-electron chi connectivity index (χ0n) is 14.8. The largest absolute Gasteiger partial charge is 0.372 e. The summed E-state index contributed by atoms with van der Waals surface area (Å²) < 4.78 is 20.7. The number of nitrogens with one attached hydrogen (secondary N) is 2. The summed E-state index contributed by atoms with van der Waals surface area (Å²) in [5, 5.41) is 2.77. The Morgan fingerprint density at radius 3 is 2.73 bits per heavy atom. The van der Waals surface area contributed by atoms with Crippen molar-refractivity contribution in [1.29, 1.82) is 0 Å². The molecule has 1 aliphatic heterocycles. The minimum absolute atomic E-state index is 0.0624. The van der Waals surface area contributed by atoms with E-state index >= 15 is 0 Å². The number of amides is 1. The summed E-state index contributed by atoms with van der Waals surface area (Å²) in [5.41, 5.74) is 1.66. The SMILES string of the molecule is C[C@H]1CN(c2ccc(CNC(=O)c3ccc[nH]c3=S)cc2F)C[C@H](C)O1. The Balaban J connectivity index is 1.67. The van der Waals surface area contributed by atoms with E-state index in [9.17, 15) is 9.18 Å². The zero-order valence-corrected chi connectivity index (χ0v) is 15.6. The van der Waals surface area contributed by atoms with E-state index < -0.39 is 0 Å². The number of anilines is 1. The third-order valence-electron chi connectivity index (χ3n) is 4.29. The van der Waals surface area contributed by atoms with Gasteiger partial charge in [-0.1, -0.05) is 18.3 Å². The molecule has 0 saturated carbocycles. The van der Waals surface area contributed by atoms with Gasteiger partial charge < -0.3 is 19.9 Å². The predicted molar refractivity (Wildman–Crippen MR) is 101 cm³/mol. The van der Waals surface area contributed by atoms with Crippen molar-refractivity contribution >= 4 is 23.8 Å². The fourth-order valence-corrected chi connectivity index (χ4v) is 3.40. The lowest BCUT2D eigenvalue weighted by Gasteiger charge is -2.37. The number of morpholine rings is 1. The molecule has 1 aliphatic rings. The van der Waals surface area contributed by atoms with Gasteiger partial charge in [-0.25, -0.2) is 4.39 Å². The Morgan fingerprint density at radius 1 is 1.35 bits per heavy atom. The Labute approximate surface area is 157 Å². The van der Waals surface area contributed by atoms with Gasteiger partial charge in [0.05, 0.1) is 23.5 Å². The minimum atomic E-state index is -0.296. The van der Waals surface area contributed by atoms with Gasteiger partial charge in [0.2, 0.25) is 0 Å². The first kappa shape index (κ1) is 18.5. The normalized spacial score (nSPS) is 20.0. The molecule has 0 bridgehead atoms. The van der Waals surface area contributed by atoms with E-state index in [0.717, 1.165) is 0 Å². The van der Waals surface area contributed by atoms with Gasteiger partial charge in [-0.15, -0.1) is 0 Å². The number of hydrogen-bond acceptors (Lipinski definition) is 4. The van der Waals surface area contributed by atoms with Crippen LogP contribution in [-0.4, -0.2) is 36.2 Å². The molecular weight excluding hydrogens is 353 g/mol. The molecular formula is C19H22FN3O2S. The van der Waals surface area contributed by atoms with E-state index in [1.165, 1.54) is 6.07 Å². The number of aromatic nitrogens is 1. The van der Waals surface area contributed by atoms with Gasteiger partial charge in [-0.2, -0.15) is 0 Å². The third-order valence-corrected chi connectivity index (χ3v) is 4.63. The Hall–Kier alpha value is -2.25. The van der Waals surface area contributed by atoms with E-state index in [1.807, 2.05) is 24.8 Å². The highest BCUT2D eigenvalue weighted by atomic mass is 32.1. The summed E-state index contributed by atoms with van der Waals surface area (Å²) in [7, 11) is 0. The van der Waals surface area contributed by atoms with Gasteiger partial charge in [0.25, 0.3) is 5.91 Å². The van der Waals surface area contributed by atoms with Crippen LogP contribution < -0.4 is 10.2 Å². The van der Waals surface area contributed by atoms with Gasteiger partial charge in [0.1, 0.15) is 10.5 Å². The molecule has 1 aromatic heterocycles. The second-order valence-electron chi connectivity index (χ2n) is 6.54. The Bertz CT molecular complexity index is 845. The number of hydrogen-bond donors (Lipinski definition) is 2. The van der Waals surface area contributed by atoms with Crippen molar-refractivity contribution in [1.82, 2.24) is 10.3 Å². The fraction of sp³-hybridized carbons (Fsp3) is 0.368. The monoisotopic (exact) mass is 375 g/mol. The standard InChI is InChI=1S/C19H22FN3O2S/c1-12-10-23(11-13(2)25-12)17-6-5-14(8-16(17)20)9-22-18(24)15-4-3-7-21-19(15)26/h3-8,12-13H,9-11H2,1-2H3,(H,21,26)(H,22,24)/t12-,13-/m0/s1. The average Bonchev–Trinajstić information content (AvgIpc) is 2.59. The molecule has 138 valence electrons. The van der Waals surface area contributed by atoms with Crippen LogP contribution in [0.15, 0.2) is 36.5 Å². The number of carbonyl (C=O) groups excluding carboxylic acids is 1. The first-order valence-corrected chi connectivity index (χ1v) is 8.99. The van der Waals surface area contributed by atoms with Crippen LogP contribution in [0, 0.1) is 10.5 Å². The summed E-state index contributed by atoms with van der Waals surface area (Å²) in [6, 6.07) is 8.42. The highest BCUT2D eigenvalue weighted by Gasteiger charge is 2.24. The minimum Gasteiger partial charge on any atom is -0.372 e. The van der Waals surface area contributed by atoms with Gasteiger partial charge in [0.15, 0.2) is 0 Å². The van der Waals surface area contributed by atoms with Crippen LogP contribution in [0.2, 0.25) is 0 Å². The van der Waals surface area contributed by atoms with Crippen molar-refractivity contribution in [2.45, 2.75) is 32.6 Å². The smallest absolute Gasteiger partial charge is 0.254 e. The second kappa shape index (κ2) is 7.97. The molecule has 1 saturated heterocycles. The summed E-state index contributed by atoms with van der Waals surface area (Å²) in [4.78, 5) is 17.0. The number of aromatic amines is 1. The molecule has 1 aromatic carbocycles. The molecule has 7 heteroatoms. The summed E-state index contributed by atoms with van der Waals surface area (Å²) in [5.74, 6) is -0.581. The molecule has 3 rings (SSSR count). The number of rotatable bonds is 4. The lowest BCUT2D eigenvalue weighted by Crippen LogP contribution is -2.45. The van der Waals surface area contributed by atoms with Crippen molar-refractivity contribution in [2.24, 2.45) is 0 Å². The summed E-state index contributed by atoms with van der Waals surface area (Å²) in [6.07, 6.45) is 1.79. The van der Waals surface area contributed by atoms with Crippen LogP contribution in [0.3, 0.4) is 0 Å². The maximum atomic E-state index is 14.6. The average molecular weight is 375 g/mol. The maximum Gasteiger partial charge on any atom is 0.254 e. The number of H-pyrrole nitrogens is 1. The fourth-order valence-electron chi connectivity index (χ4n) is 3.17. The van der Waals surface area contributed by atoms with Crippen LogP contribution in [0.25, 0.3) is 0 Å². The Kier molecular flexibility index (Phi) is 5.68. The maximum absolute atomic E-state index is 14.6. The molecule has 0 spiro atoms. The number of benzene rings is 1. The van der Waals surface area contributed by atoms with Crippen LogP contribution in [-0.2, 0) is 11.3 Å². The number of carbonyl (C=O) groups is 1. The highest BCUT2D eigenvalue weighted by molar-refractivity contribution is 7.71. The summed E-state index contributed by atoms with van der Waals surface area (Å²) >= 11 is 5.10. The van der Waals surface area contributed by atoms with Crippen LogP contribution in [0.4, 0.5) is 10.1 Å². The van der Waals surface area contributed by atoms with Crippen molar-refractivity contribution in [3.63, 3.8) is 0 Å². The number of ether oxygens (including phenoxy) is 1. The van der Waals surface area contributed by atoms with Gasteiger partial charge in [0, 0.05) is 25.8 Å². The van der Waals surface area contributed by atoms with Crippen molar-refractivity contribution in [3.05, 3.63) is 58.1 Å². The van der Waals surface area contributed by atoms with Crippen molar-refractivity contribution in [2.75, 3.05) is 18.0 Å². The molecule has 26 heavy (non-hydrogen) atoms. The number of nitrogens with zero attached hydrogens (tertiary/aromatic N) is 1. The first-order valence-electron chi connectivity index (χ1n) is 8.59. The quantitative estimate of drug-likeness (QED) is 0.804. The molecule has 2 aromatic rings. The highest BCUT2D eigenvalue weighted by Crippen LogP contribution is 2.24. The van der Waals surface area contributed by atoms with Crippen LogP contribution in [0.1, 0.15) is 29.8 Å². The molecule has 1 amide bonds. The Morgan fingerprint density at radius 2 is 2.08 bits per heavy atom. The molecule has 2 N–H and O–H groups in total. The first-order chi connectivity index (χ1) is 12.4. The molecule has 5 nitrogen and oxygen atoms in total. The molecule has 2 atom stereocenters. The topological polar surface area (TPSA) is 57.4 Å². The van der Waals surface area contributed by atoms with Gasteiger partial charge in [-0.05, 0) is 43.7 Å². The number of halogens is 1. The summed E-state index contributed by atoms with van der Waals surface area (Å²) in [6.45, 7) is 5.51. The molecule has 1 fully saturated rings. The van der Waals surface area contributed by atoms with Crippen LogP contribution in [0.5, 0.6) is 0 Å². The predicted octanol–water partition coefficient (Wildman–Crippen LogP) is 3.43. The van der Waals surface area contributed by atoms with Crippen molar-refractivity contribution in [3.8, 4) is 0 Å². The third kappa shape index (κ3) is 4.28. The molecule has 2 heterocycles. The van der Waals surface area contributed by atoms with Crippen molar-refractivity contribution < 1.29 is 13.9 Å². The lowest BCUT2D eigenvalue weighted by molar-refractivity contribution is -0.00539. The zero-order chi connectivity index (χ0) is 18.7. The van der Waals surface area contributed by atoms with Crippen LogP contribution >= 0.6 is 12.2 Å². The van der Waals surface area contributed by atoms with Gasteiger partial charge in [-0.3, -0.25) is 4.79 Å². The molecule has 0 radical (unpaired) electrons. The second-order valence-corrected chi connectivity index (χ2v) is 6.95. The van der Waals surface area contributed by atoms with E-state index in [1.54, 1.807) is 24.4 Å². The van der Waals surface area contributed by atoms with Gasteiger partial charge >= 0.3 is 0 Å². The van der Waals surface area contributed by atoms with E-state index in [4.69, 9.17) is 17.0 Å². The molecule has 0 aliphatic carbocycles. The lowest BCUT2D eigenvalue weighted by atomic mass is 10.1. The number of pyridine rings is 1.